The van der Waals surface area contributed by atoms with E-state index < -0.39 is 11.6 Å². The maximum Gasteiger partial charge on any atom is 0.151 e. The molecule has 1 aromatic heterocycles. The van der Waals surface area contributed by atoms with Crippen LogP contribution in [0.1, 0.15) is 24.2 Å². The number of hydrogen-bond acceptors (Lipinski definition) is 2. The molecule has 1 aromatic carbocycles. The molecule has 2 N–H and O–H groups in total. The molecule has 2 aromatic rings. The summed E-state index contributed by atoms with van der Waals surface area (Å²) in [5, 5.41) is 4.45. The number of halogens is 2. The van der Waals surface area contributed by atoms with Crippen molar-refractivity contribution in [1.29, 1.82) is 0 Å². The molecule has 3 nitrogen and oxygen atoms in total. The average molecular weight is 263 g/mol. The zero-order chi connectivity index (χ0) is 13.6. The van der Waals surface area contributed by atoms with Gasteiger partial charge in [-0.25, -0.2) is 13.5 Å². The van der Waals surface area contributed by atoms with E-state index in [4.69, 9.17) is 5.73 Å². The monoisotopic (exact) mass is 263 g/mol. The molecule has 0 radical (unpaired) electrons. The minimum absolute atomic E-state index is 0.0352. The molecule has 0 aliphatic heterocycles. The Kier molecular flexibility index (Phi) is 2.67. The molecule has 100 valence electrons. The van der Waals surface area contributed by atoms with E-state index in [-0.39, 0.29) is 11.1 Å². The molecule has 0 unspecified atom stereocenters. The second-order valence-electron chi connectivity index (χ2n) is 5.16. The third-order valence-electron chi connectivity index (χ3n) is 3.81. The summed E-state index contributed by atoms with van der Waals surface area (Å²) >= 11 is 0. The molecule has 0 spiro atoms. The maximum atomic E-state index is 13.8. The lowest BCUT2D eigenvalue weighted by molar-refractivity contribution is 0.570. The number of rotatable bonds is 3. The summed E-state index contributed by atoms with van der Waals surface area (Å²) in [7, 11) is 0. The fourth-order valence-corrected chi connectivity index (χ4v) is 2.35. The molecule has 1 aliphatic rings. The lowest BCUT2D eigenvalue weighted by Gasteiger charge is -2.08. The quantitative estimate of drug-likeness (QED) is 0.924. The summed E-state index contributed by atoms with van der Waals surface area (Å²) < 4.78 is 28.2. The van der Waals surface area contributed by atoms with Crippen molar-refractivity contribution in [3.05, 3.63) is 47.3 Å². The van der Waals surface area contributed by atoms with Gasteiger partial charge in [-0.3, -0.25) is 0 Å². The van der Waals surface area contributed by atoms with Crippen molar-refractivity contribution in [3.63, 3.8) is 0 Å². The van der Waals surface area contributed by atoms with Crippen molar-refractivity contribution < 1.29 is 8.78 Å². The van der Waals surface area contributed by atoms with Crippen LogP contribution in [0.2, 0.25) is 0 Å². The molecule has 0 atom stereocenters. The van der Waals surface area contributed by atoms with Gasteiger partial charge in [0.1, 0.15) is 11.5 Å². The average Bonchev–Trinajstić information content (AvgIpc) is 3.08. The van der Waals surface area contributed by atoms with Gasteiger partial charge in [-0.15, -0.1) is 0 Å². The first-order valence-electron chi connectivity index (χ1n) is 6.28. The Morgan fingerprint density at radius 2 is 2.05 bits per heavy atom. The third kappa shape index (κ3) is 1.94. The van der Waals surface area contributed by atoms with E-state index in [0.29, 0.717) is 6.54 Å². The summed E-state index contributed by atoms with van der Waals surface area (Å²) in [5.74, 6) is -1.21. The van der Waals surface area contributed by atoms with E-state index in [1.54, 1.807) is 0 Å². The summed E-state index contributed by atoms with van der Waals surface area (Å²) in [6, 6.07) is 5.43. The van der Waals surface area contributed by atoms with Crippen LogP contribution in [0, 0.1) is 18.6 Å². The number of nitrogens with two attached hydrogens (primary N) is 1. The highest BCUT2D eigenvalue weighted by molar-refractivity contribution is 5.37. The molecule has 19 heavy (non-hydrogen) atoms. The summed E-state index contributed by atoms with van der Waals surface area (Å²) in [6.07, 6.45) is 2.04. The van der Waals surface area contributed by atoms with Crippen LogP contribution in [0.5, 0.6) is 0 Å². The predicted octanol–water partition coefficient (Wildman–Crippen LogP) is 2.45. The van der Waals surface area contributed by atoms with Crippen LogP contribution in [0.25, 0.3) is 5.69 Å². The number of nitrogens with zero attached hydrogens (tertiary/aromatic N) is 2. The smallest absolute Gasteiger partial charge is 0.151 e. The molecule has 1 heterocycles. The number of aromatic nitrogens is 2. The van der Waals surface area contributed by atoms with Crippen molar-refractivity contribution in [3.8, 4) is 5.69 Å². The highest BCUT2D eigenvalue weighted by Crippen LogP contribution is 2.46. The van der Waals surface area contributed by atoms with Gasteiger partial charge in [0.05, 0.1) is 5.69 Å². The van der Waals surface area contributed by atoms with E-state index in [1.165, 1.54) is 16.8 Å². The summed E-state index contributed by atoms with van der Waals surface area (Å²) in [6.45, 7) is 2.40. The maximum absolute atomic E-state index is 13.8. The minimum Gasteiger partial charge on any atom is -0.330 e. The molecular formula is C14H15F2N3. The fraction of sp³-hybridized carbons (Fsp3) is 0.357. The number of benzene rings is 1. The summed E-state index contributed by atoms with van der Waals surface area (Å²) in [4.78, 5) is 0. The second kappa shape index (κ2) is 4.13. The molecule has 3 rings (SSSR count). The van der Waals surface area contributed by atoms with Crippen LogP contribution in [0.3, 0.4) is 0 Å². The lowest BCUT2D eigenvalue weighted by atomic mass is 10.0. The Morgan fingerprint density at radius 1 is 1.32 bits per heavy atom. The van der Waals surface area contributed by atoms with Gasteiger partial charge in [0.2, 0.25) is 0 Å². The minimum atomic E-state index is -0.615. The van der Waals surface area contributed by atoms with Crippen LogP contribution >= 0.6 is 0 Å². The number of hydrogen-bond donors (Lipinski definition) is 1. The zero-order valence-electron chi connectivity index (χ0n) is 10.7. The molecule has 0 amide bonds. The van der Waals surface area contributed by atoms with Crippen LogP contribution in [0.15, 0.2) is 24.3 Å². The van der Waals surface area contributed by atoms with E-state index in [0.717, 1.165) is 30.3 Å². The van der Waals surface area contributed by atoms with Crippen LogP contribution < -0.4 is 5.73 Å². The first-order valence-corrected chi connectivity index (χ1v) is 6.28. The van der Waals surface area contributed by atoms with Crippen LogP contribution in [0.4, 0.5) is 8.78 Å². The highest BCUT2D eigenvalue weighted by atomic mass is 19.1. The van der Waals surface area contributed by atoms with Gasteiger partial charge in [0.25, 0.3) is 0 Å². The molecular weight excluding hydrogens is 248 g/mol. The van der Waals surface area contributed by atoms with E-state index >= 15 is 0 Å². The first kappa shape index (κ1) is 12.3. The van der Waals surface area contributed by atoms with E-state index in [1.807, 2.05) is 13.0 Å². The Hall–Kier alpha value is -1.75. The van der Waals surface area contributed by atoms with E-state index in [9.17, 15) is 8.78 Å². The first-order chi connectivity index (χ1) is 9.05. The van der Waals surface area contributed by atoms with Crippen LogP contribution in [-0.2, 0) is 5.41 Å². The normalized spacial score (nSPS) is 16.6. The Labute approximate surface area is 110 Å². The topological polar surface area (TPSA) is 43.8 Å². The van der Waals surface area contributed by atoms with Crippen molar-refractivity contribution in [2.45, 2.75) is 25.2 Å². The Morgan fingerprint density at radius 3 is 2.63 bits per heavy atom. The van der Waals surface area contributed by atoms with Gasteiger partial charge in [-0.1, -0.05) is 0 Å². The van der Waals surface area contributed by atoms with Gasteiger partial charge >= 0.3 is 0 Å². The molecule has 1 aliphatic carbocycles. The van der Waals surface area contributed by atoms with Crippen molar-refractivity contribution in [1.82, 2.24) is 9.78 Å². The predicted molar refractivity (Wildman–Crippen MR) is 68.2 cm³/mol. The van der Waals surface area contributed by atoms with Crippen LogP contribution in [-0.4, -0.2) is 16.3 Å². The highest BCUT2D eigenvalue weighted by Gasteiger charge is 2.45. The van der Waals surface area contributed by atoms with Gasteiger partial charge in [-0.05, 0) is 38.0 Å². The van der Waals surface area contributed by atoms with E-state index in [2.05, 4.69) is 5.10 Å². The number of aryl methyl sites for hydroxylation is 1. The fourth-order valence-electron chi connectivity index (χ4n) is 2.35. The third-order valence-corrected chi connectivity index (χ3v) is 3.81. The SMILES string of the molecule is Cc1cc(C2(CN)CC2)nn1-c1ccc(F)cc1F. The molecule has 0 saturated heterocycles. The molecule has 1 saturated carbocycles. The van der Waals surface area contributed by atoms with Crippen molar-refractivity contribution in [2.75, 3.05) is 6.54 Å². The standard InChI is InChI=1S/C14H15F2N3/c1-9-6-13(14(8-17)4-5-14)18-19(9)12-3-2-10(15)7-11(12)16/h2-3,6-7H,4-5,8,17H2,1H3. The largest absolute Gasteiger partial charge is 0.330 e. The summed E-state index contributed by atoms with van der Waals surface area (Å²) in [5.41, 5.74) is 7.72. The van der Waals surface area contributed by atoms with Gasteiger partial charge in [-0.2, -0.15) is 5.10 Å². The Balaban J connectivity index is 2.06. The molecule has 0 bridgehead atoms. The van der Waals surface area contributed by atoms with Gasteiger partial charge < -0.3 is 5.73 Å². The molecule has 5 heteroatoms. The zero-order valence-corrected chi connectivity index (χ0v) is 10.7. The van der Waals surface area contributed by atoms with Crippen molar-refractivity contribution in [2.24, 2.45) is 5.73 Å². The van der Waals surface area contributed by atoms with Gasteiger partial charge in [0.15, 0.2) is 5.82 Å². The second-order valence-corrected chi connectivity index (χ2v) is 5.16. The Bertz CT molecular complexity index is 630. The molecule has 1 fully saturated rings. The van der Waals surface area contributed by atoms with Gasteiger partial charge in [0, 0.05) is 23.7 Å². The van der Waals surface area contributed by atoms with Crippen molar-refractivity contribution >= 4 is 0 Å². The lowest BCUT2D eigenvalue weighted by Crippen LogP contribution is -2.20.